The second kappa shape index (κ2) is 5.60. The highest BCUT2D eigenvalue weighted by Crippen LogP contribution is 2.23. The molecule has 0 aliphatic rings. The number of para-hydroxylation sites is 1. The molecule has 0 radical (unpaired) electrons. The molecule has 3 aromatic rings. The molecule has 0 unspecified atom stereocenters. The zero-order valence-corrected chi connectivity index (χ0v) is 12.7. The fourth-order valence-electron chi connectivity index (χ4n) is 2.53. The van der Waals surface area contributed by atoms with Gasteiger partial charge in [0.2, 0.25) is 0 Å². The second-order valence-corrected chi connectivity index (χ2v) is 5.22. The quantitative estimate of drug-likeness (QED) is 0.692. The summed E-state index contributed by atoms with van der Waals surface area (Å²) in [7, 11) is 0. The van der Waals surface area contributed by atoms with Crippen LogP contribution in [-0.4, -0.2) is 16.1 Å². The fraction of sp³-hybridized carbons (Fsp3) is 0.235. The number of hydrogen-bond acceptors (Lipinski definition) is 5. The number of fused-ring (bicyclic) bond motifs is 1. The van der Waals surface area contributed by atoms with Crippen molar-refractivity contribution in [2.45, 2.75) is 27.4 Å². The van der Waals surface area contributed by atoms with Crippen molar-refractivity contribution >= 4 is 16.9 Å². The number of nitrogens with zero attached hydrogens (tertiary/aromatic N) is 2. The maximum Gasteiger partial charge on any atom is 0.340 e. The van der Waals surface area contributed by atoms with Crippen LogP contribution in [0.4, 0.5) is 0 Å². The third-order valence-electron chi connectivity index (χ3n) is 3.57. The Labute approximate surface area is 127 Å². The van der Waals surface area contributed by atoms with Crippen LogP contribution in [0, 0.1) is 20.8 Å². The molecule has 0 fully saturated rings. The maximum absolute atomic E-state index is 12.4. The summed E-state index contributed by atoms with van der Waals surface area (Å²) in [5.41, 5.74) is 3.52. The third-order valence-corrected chi connectivity index (χ3v) is 3.57. The lowest BCUT2D eigenvalue weighted by Gasteiger charge is -2.11. The lowest BCUT2D eigenvalue weighted by atomic mass is 10.0. The Bertz CT molecular complexity index is 852. The molecule has 5 nitrogen and oxygen atoms in total. The molecule has 2 aromatic heterocycles. The van der Waals surface area contributed by atoms with Crippen molar-refractivity contribution in [2.24, 2.45) is 0 Å². The number of aryl methyl sites for hydroxylation is 3. The number of pyridine rings is 1. The molecule has 0 spiro atoms. The largest absolute Gasteiger partial charge is 0.455 e. The minimum atomic E-state index is -0.395. The molecule has 0 saturated heterocycles. The lowest BCUT2D eigenvalue weighted by molar-refractivity contribution is 0.0462. The van der Waals surface area contributed by atoms with E-state index in [-0.39, 0.29) is 6.61 Å². The highest BCUT2D eigenvalue weighted by molar-refractivity contribution is 5.98. The summed E-state index contributed by atoms with van der Waals surface area (Å²) in [6, 6.07) is 9.49. The van der Waals surface area contributed by atoms with Crippen LogP contribution in [0.3, 0.4) is 0 Å². The van der Waals surface area contributed by atoms with Gasteiger partial charge in [-0.3, -0.25) is 4.98 Å². The van der Waals surface area contributed by atoms with Crippen molar-refractivity contribution in [3.8, 4) is 0 Å². The fourth-order valence-corrected chi connectivity index (χ4v) is 2.53. The minimum Gasteiger partial charge on any atom is -0.455 e. The monoisotopic (exact) mass is 296 g/mol. The summed E-state index contributed by atoms with van der Waals surface area (Å²) in [4.78, 5) is 16.9. The summed E-state index contributed by atoms with van der Waals surface area (Å²) in [5.74, 6) is 0.291. The zero-order valence-electron chi connectivity index (χ0n) is 12.7. The zero-order chi connectivity index (χ0) is 15.7. The number of carbonyl (C=O) groups is 1. The van der Waals surface area contributed by atoms with E-state index in [1.54, 1.807) is 13.0 Å². The Balaban J connectivity index is 1.90. The summed E-state index contributed by atoms with van der Waals surface area (Å²) >= 11 is 0. The smallest absolute Gasteiger partial charge is 0.340 e. The van der Waals surface area contributed by atoms with Crippen molar-refractivity contribution in [2.75, 3.05) is 0 Å². The molecule has 2 heterocycles. The first kappa shape index (κ1) is 14.3. The Morgan fingerprint density at radius 2 is 2.00 bits per heavy atom. The number of hydrogen-bond donors (Lipinski definition) is 0. The first-order chi connectivity index (χ1) is 10.6. The van der Waals surface area contributed by atoms with Crippen molar-refractivity contribution in [1.82, 2.24) is 10.1 Å². The Kier molecular flexibility index (Phi) is 3.63. The number of carbonyl (C=O) groups excluding carboxylic acids is 1. The van der Waals surface area contributed by atoms with Crippen LogP contribution in [0.25, 0.3) is 10.9 Å². The van der Waals surface area contributed by atoms with Crippen molar-refractivity contribution in [3.05, 3.63) is 58.6 Å². The van der Waals surface area contributed by atoms with Crippen molar-refractivity contribution in [3.63, 3.8) is 0 Å². The van der Waals surface area contributed by atoms with Crippen LogP contribution in [0.2, 0.25) is 0 Å². The molecule has 22 heavy (non-hydrogen) atoms. The van der Waals surface area contributed by atoms with E-state index in [2.05, 4.69) is 10.1 Å². The molecule has 0 atom stereocenters. The van der Waals surface area contributed by atoms with Gasteiger partial charge in [0, 0.05) is 11.5 Å². The van der Waals surface area contributed by atoms with Crippen molar-refractivity contribution in [1.29, 1.82) is 0 Å². The molecule has 0 amide bonds. The molecule has 0 aliphatic heterocycles. The molecule has 3 rings (SSSR count). The SMILES string of the molecule is Cc1cc(COC(=O)c2c(C)nc3ccccc3c2C)no1. The van der Waals surface area contributed by atoms with E-state index in [9.17, 15) is 4.79 Å². The average molecular weight is 296 g/mol. The molecular weight excluding hydrogens is 280 g/mol. The van der Waals surface area contributed by atoms with Crippen LogP contribution in [0.1, 0.15) is 33.1 Å². The molecule has 0 N–H and O–H groups in total. The molecule has 0 saturated carbocycles. The van der Waals surface area contributed by atoms with Gasteiger partial charge in [-0.1, -0.05) is 23.4 Å². The average Bonchev–Trinajstić information content (AvgIpc) is 2.91. The molecule has 0 aliphatic carbocycles. The van der Waals surface area contributed by atoms with Gasteiger partial charge < -0.3 is 9.26 Å². The van der Waals surface area contributed by atoms with E-state index < -0.39 is 5.97 Å². The van der Waals surface area contributed by atoms with E-state index in [4.69, 9.17) is 9.26 Å². The van der Waals surface area contributed by atoms with Gasteiger partial charge in [0.25, 0.3) is 0 Å². The van der Waals surface area contributed by atoms with Gasteiger partial charge in [0.1, 0.15) is 18.1 Å². The van der Waals surface area contributed by atoms with Gasteiger partial charge in [0.05, 0.1) is 16.8 Å². The van der Waals surface area contributed by atoms with E-state index in [1.807, 2.05) is 38.1 Å². The summed E-state index contributed by atoms with van der Waals surface area (Å²) in [6.07, 6.45) is 0. The number of rotatable bonds is 3. The van der Waals surface area contributed by atoms with Gasteiger partial charge in [-0.25, -0.2) is 4.79 Å². The molecule has 0 bridgehead atoms. The summed E-state index contributed by atoms with van der Waals surface area (Å²) in [5, 5.41) is 4.76. The van der Waals surface area contributed by atoms with Gasteiger partial charge >= 0.3 is 5.97 Å². The predicted molar refractivity (Wildman–Crippen MR) is 81.6 cm³/mol. The summed E-state index contributed by atoms with van der Waals surface area (Å²) in [6.45, 7) is 5.60. The van der Waals surface area contributed by atoms with Crippen LogP contribution < -0.4 is 0 Å². The van der Waals surface area contributed by atoms with Crippen LogP contribution in [-0.2, 0) is 11.3 Å². The van der Waals surface area contributed by atoms with E-state index in [0.29, 0.717) is 22.7 Å². The Hall–Kier alpha value is -2.69. The normalized spacial score (nSPS) is 10.9. The highest BCUT2D eigenvalue weighted by atomic mass is 16.5. The van der Waals surface area contributed by atoms with Crippen molar-refractivity contribution < 1.29 is 14.1 Å². The molecule has 112 valence electrons. The molecule has 1 aromatic carbocycles. The topological polar surface area (TPSA) is 65.2 Å². The van der Waals surface area contributed by atoms with Crippen LogP contribution in [0.5, 0.6) is 0 Å². The molecular formula is C17H16N2O3. The Morgan fingerprint density at radius 1 is 1.23 bits per heavy atom. The molecule has 5 heteroatoms. The van der Waals surface area contributed by atoms with Crippen LogP contribution >= 0.6 is 0 Å². The lowest BCUT2D eigenvalue weighted by Crippen LogP contribution is -2.11. The number of aromatic nitrogens is 2. The van der Waals surface area contributed by atoms with E-state index in [0.717, 1.165) is 16.5 Å². The first-order valence-corrected chi connectivity index (χ1v) is 7.01. The standard InChI is InChI=1S/C17H16N2O3/c1-10-8-13(19-22-10)9-21-17(20)16-11(2)14-6-4-5-7-15(14)18-12(16)3/h4-8H,9H2,1-3H3. The highest BCUT2D eigenvalue weighted by Gasteiger charge is 2.18. The third kappa shape index (κ3) is 2.57. The summed E-state index contributed by atoms with van der Waals surface area (Å²) < 4.78 is 10.3. The number of benzene rings is 1. The minimum absolute atomic E-state index is 0.0852. The maximum atomic E-state index is 12.4. The van der Waals surface area contributed by atoms with Crippen LogP contribution in [0.15, 0.2) is 34.9 Å². The Morgan fingerprint density at radius 3 is 2.73 bits per heavy atom. The first-order valence-electron chi connectivity index (χ1n) is 7.01. The van der Waals surface area contributed by atoms with Gasteiger partial charge in [-0.05, 0) is 32.4 Å². The van der Waals surface area contributed by atoms with Gasteiger partial charge in [-0.15, -0.1) is 0 Å². The number of ether oxygens (including phenoxy) is 1. The van der Waals surface area contributed by atoms with Gasteiger partial charge in [-0.2, -0.15) is 0 Å². The van der Waals surface area contributed by atoms with E-state index in [1.165, 1.54) is 0 Å². The number of esters is 1. The van der Waals surface area contributed by atoms with E-state index >= 15 is 0 Å². The van der Waals surface area contributed by atoms with Gasteiger partial charge in [0.15, 0.2) is 0 Å². The second-order valence-electron chi connectivity index (χ2n) is 5.22. The predicted octanol–water partition coefficient (Wildman–Crippen LogP) is 3.51.